The van der Waals surface area contributed by atoms with E-state index in [1.165, 1.54) is 18.2 Å². The van der Waals surface area contributed by atoms with E-state index in [-0.39, 0.29) is 27.3 Å². The third-order valence-corrected chi connectivity index (χ3v) is 7.12. The molecule has 1 atom stereocenters. The quantitative estimate of drug-likeness (QED) is 0.507. The Kier molecular flexibility index (Phi) is 7.03. The van der Waals surface area contributed by atoms with E-state index in [2.05, 4.69) is 10.0 Å². The van der Waals surface area contributed by atoms with Crippen LogP contribution in [0.3, 0.4) is 0 Å². The molecule has 162 valence electrons. The van der Waals surface area contributed by atoms with Gasteiger partial charge >= 0.3 is 0 Å². The van der Waals surface area contributed by atoms with Gasteiger partial charge in [0, 0.05) is 12.1 Å². The Bertz CT molecular complexity index is 1190. The molecular formula is C24H25ClN2O3S. The third kappa shape index (κ3) is 5.46. The molecule has 0 saturated heterocycles. The summed E-state index contributed by atoms with van der Waals surface area (Å²) in [4.78, 5) is 12.5. The SMILES string of the molecule is Cc1cccc(NS(=O)(=O)c2cc(C(=O)NC[C@@H](C)c3ccccc3)ccc2Cl)c1C. The predicted molar refractivity (Wildman–Crippen MR) is 125 cm³/mol. The van der Waals surface area contributed by atoms with E-state index in [0.29, 0.717) is 12.2 Å². The van der Waals surface area contributed by atoms with Crippen molar-refractivity contribution in [1.82, 2.24) is 5.32 Å². The Morgan fingerprint density at radius 2 is 1.71 bits per heavy atom. The van der Waals surface area contributed by atoms with Gasteiger partial charge in [-0.3, -0.25) is 9.52 Å². The Balaban J connectivity index is 1.79. The first-order chi connectivity index (χ1) is 14.7. The van der Waals surface area contributed by atoms with Crippen LogP contribution in [0.15, 0.2) is 71.6 Å². The second kappa shape index (κ2) is 9.54. The lowest BCUT2D eigenvalue weighted by atomic mass is 10.0. The van der Waals surface area contributed by atoms with Gasteiger partial charge in [-0.15, -0.1) is 0 Å². The van der Waals surface area contributed by atoms with Crippen LogP contribution in [-0.2, 0) is 10.0 Å². The van der Waals surface area contributed by atoms with Crippen LogP contribution in [0.1, 0.15) is 39.9 Å². The number of nitrogens with one attached hydrogen (secondary N) is 2. The second-order valence-corrected chi connectivity index (χ2v) is 9.58. The predicted octanol–water partition coefficient (Wildman–Crippen LogP) is 5.29. The molecular weight excluding hydrogens is 432 g/mol. The molecule has 0 radical (unpaired) electrons. The highest BCUT2D eigenvalue weighted by Gasteiger charge is 2.21. The Morgan fingerprint density at radius 1 is 1.00 bits per heavy atom. The summed E-state index contributed by atoms with van der Waals surface area (Å²) in [6.45, 7) is 6.18. The summed E-state index contributed by atoms with van der Waals surface area (Å²) in [6, 6.07) is 19.5. The fraction of sp³-hybridized carbons (Fsp3) is 0.208. The highest BCUT2D eigenvalue weighted by Crippen LogP contribution is 2.27. The number of carbonyl (C=O) groups excluding carboxylic acids is 1. The molecule has 2 N–H and O–H groups in total. The molecule has 0 heterocycles. The van der Waals surface area contributed by atoms with Crippen molar-refractivity contribution in [3.8, 4) is 0 Å². The maximum absolute atomic E-state index is 13.0. The number of rotatable bonds is 7. The number of hydrogen-bond donors (Lipinski definition) is 2. The van der Waals surface area contributed by atoms with Crippen molar-refractivity contribution in [1.29, 1.82) is 0 Å². The Labute approximate surface area is 188 Å². The average Bonchev–Trinajstić information content (AvgIpc) is 2.75. The van der Waals surface area contributed by atoms with Gasteiger partial charge in [0.2, 0.25) is 0 Å². The minimum Gasteiger partial charge on any atom is -0.351 e. The molecule has 0 fully saturated rings. The number of aryl methyl sites for hydroxylation is 1. The van der Waals surface area contributed by atoms with Gasteiger partial charge in [0.25, 0.3) is 15.9 Å². The van der Waals surface area contributed by atoms with Gasteiger partial charge in [-0.05, 0) is 60.7 Å². The number of sulfonamides is 1. The van der Waals surface area contributed by atoms with Crippen LogP contribution < -0.4 is 10.0 Å². The molecule has 0 bridgehead atoms. The van der Waals surface area contributed by atoms with Crippen molar-refractivity contribution in [2.24, 2.45) is 0 Å². The molecule has 31 heavy (non-hydrogen) atoms. The molecule has 0 saturated carbocycles. The number of halogens is 1. The van der Waals surface area contributed by atoms with Crippen molar-refractivity contribution >= 4 is 33.2 Å². The maximum Gasteiger partial charge on any atom is 0.263 e. The summed E-state index contributed by atoms with van der Waals surface area (Å²) in [5.74, 6) is -0.241. The van der Waals surface area contributed by atoms with Gasteiger partial charge in [0.15, 0.2) is 0 Å². The minimum absolute atomic E-state index is 0.0482. The fourth-order valence-electron chi connectivity index (χ4n) is 3.16. The van der Waals surface area contributed by atoms with E-state index in [4.69, 9.17) is 11.6 Å². The summed E-state index contributed by atoms with van der Waals surface area (Å²) in [5, 5.41) is 2.91. The van der Waals surface area contributed by atoms with Gasteiger partial charge in [-0.25, -0.2) is 8.42 Å². The molecule has 3 aromatic rings. The lowest BCUT2D eigenvalue weighted by Gasteiger charge is -2.15. The molecule has 1 amide bonds. The van der Waals surface area contributed by atoms with Crippen LogP contribution >= 0.6 is 11.6 Å². The lowest BCUT2D eigenvalue weighted by Crippen LogP contribution is -2.27. The number of hydrogen-bond acceptors (Lipinski definition) is 3. The third-order valence-electron chi connectivity index (χ3n) is 5.27. The molecule has 0 aliphatic heterocycles. The van der Waals surface area contributed by atoms with Crippen molar-refractivity contribution in [2.45, 2.75) is 31.6 Å². The number of anilines is 1. The van der Waals surface area contributed by atoms with Crippen molar-refractivity contribution in [2.75, 3.05) is 11.3 Å². The summed E-state index contributed by atoms with van der Waals surface area (Å²) in [7, 11) is -3.98. The van der Waals surface area contributed by atoms with Crippen LogP contribution in [-0.4, -0.2) is 20.9 Å². The van der Waals surface area contributed by atoms with Crippen LogP contribution in [0.5, 0.6) is 0 Å². The monoisotopic (exact) mass is 456 g/mol. The summed E-state index contributed by atoms with van der Waals surface area (Å²) < 4.78 is 28.5. The van der Waals surface area contributed by atoms with Crippen molar-refractivity contribution in [3.05, 3.63) is 94.0 Å². The maximum atomic E-state index is 13.0. The smallest absolute Gasteiger partial charge is 0.263 e. The number of carbonyl (C=O) groups is 1. The van der Waals surface area contributed by atoms with Crippen LogP contribution in [0, 0.1) is 13.8 Å². The van der Waals surface area contributed by atoms with Gasteiger partial charge in [0.05, 0.1) is 10.7 Å². The molecule has 0 aliphatic rings. The zero-order chi connectivity index (χ0) is 22.6. The highest BCUT2D eigenvalue weighted by molar-refractivity contribution is 7.92. The second-order valence-electron chi connectivity index (χ2n) is 7.52. The standard InChI is InChI=1S/C24H25ClN2O3S/c1-16-8-7-11-22(18(16)3)27-31(29,30)23-14-20(12-13-21(23)25)24(28)26-15-17(2)19-9-5-4-6-10-19/h4-14,17,27H,15H2,1-3H3,(H,26,28)/t17-/m1/s1. The van der Waals surface area contributed by atoms with E-state index < -0.39 is 10.0 Å². The van der Waals surface area contributed by atoms with Gasteiger partial charge in [0.1, 0.15) is 4.90 Å². The van der Waals surface area contributed by atoms with Crippen molar-refractivity contribution < 1.29 is 13.2 Å². The summed E-state index contributed by atoms with van der Waals surface area (Å²) in [5.41, 5.74) is 3.60. The first kappa shape index (κ1) is 22.8. The topological polar surface area (TPSA) is 75.3 Å². The minimum atomic E-state index is -3.98. The molecule has 3 rings (SSSR count). The molecule has 0 spiro atoms. The van der Waals surface area contributed by atoms with E-state index >= 15 is 0 Å². The summed E-state index contributed by atoms with van der Waals surface area (Å²) in [6.07, 6.45) is 0. The molecule has 0 aliphatic carbocycles. The largest absolute Gasteiger partial charge is 0.351 e. The Hall–Kier alpha value is -2.83. The highest BCUT2D eigenvalue weighted by atomic mass is 35.5. The zero-order valence-electron chi connectivity index (χ0n) is 17.6. The molecule has 7 heteroatoms. The van der Waals surface area contributed by atoms with Crippen LogP contribution in [0.2, 0.25) is 5.02 Å². The first-order valence-corrected chi connectivity index (χ1v) is 11.8. The van der Waals surface area contributed by atoms with E-state index in [1.54, 1.807) is 12.1 Å². The number of benzene rings is 3. The Morgan fingerprint density at radius 3 is 2.42 bits per heavy atom. The molecule has 3 aromatic carbocycles. The van der Waals surface area contributed by atoms with Crippen molar-refractivity contribution in [3.63, 3.8) is 0 Å². The zero-order valence-corrected chi connectivity index (χ0v) is 19.2. The summed E-state index contributed by atoms with van der Waals surface area (Å²) >= 11 is 6.18. The molecule has 5 nitrogen and oxygen atoms in total. The first-order valence-electron chi connectivity index (χ1n) is 9.91. The number of amides is 1. The van der Waals surface area contributed by atoms with E-state index in [1.807, 2.05) is 57.2 Å². The average molecular weight is 457 g/mol. The lowest BCUT2D eigenvalue weighted by molar-refractivity contribution is 0.0951. The van der Waals surface area contributed by atoms with E-state index in [0.717, 1.165) is 16.7 Å². The normalized spacial score (nSPS) is 12.3. The fourth-order valence-corrected chi connectivity index (χ4v) is 4.81. The van der Waals surface area contributed by atoms with E-state index in [9.17, 15) is 13.2 Å². The van der Waals surface area contributed by atoms with Crippen LogP contribution in [0.4, 0.5) is 5.69 Å². The van der Waals surface area contributed by atoms with Gasteiger partial charge < -0.3 is 5.32 Å². The van der Waals surface area contributed by atoms with Gasteiger partial charge in [-0.2, -0.15) is 0 Å². The molecule has 0 unspecified atom stereocenters. The molecule has 0 aromatic heterocycles. The van der Waals surface area contributed by atoms with Crippen LogP contribution in [0.25, 0.3) is 0 Å². The van der Waals surface area contributed by atoms with Gasteiger partial charge in [-0.1, -0.05) is 61.0 Å².